The van der Waals surface area contributed by atoms with Crippen molar-refractivity contribution in [2.24, 2.45) is 0 Å². The van der Waals surface area contributed by atoms with Crippen LogP contribution in [0.5, 0.6) is 0 Å². The summed E-state index contributed by atoms with van der Waals surface area (Å²) in [6.07, 6.45) is 1.06. The van der Waals surface area contributed by atoms with Crippen molar-refractivity contribution in [3.63, 3.8) is 0 Å². The predicted octanol–water partition coefficient (Wildman–Crippen LogP) is -2.58. The molecule has 0 N–H and O–H groups in total. The number of rotatable bonds is 2. The molecule has 0 amide bonds. The average molecular weight is 96.1 g/mol. The van der Waals surface area contributed by atoms with Crippen LogP contribution in [0.15, 0.2) is 12.8 Å². The summed E-state index contributed by atoms with van der Waals surface area (Å²) >= 11 is 0. The van der Waals surface area contributed by atoms with E-state index in [0.717, 1.165) is 6.26 Å². The van der Waals surface area contributed by atoms with Gasteiger partial charge in [-0.25, -0.2) is 0 Å². The first-order chi connectivity index (χ1) is 2.41. The zero-order chi connectivity index (χ0) is 4.12. The molecule has 0 aliphatic rings. The van der Waals surface area contributed by atoms with Gasteiger partial charge >= 0.3 is 29.6 Å². The molecule has 0 heterocycles. The van der Waals surface area contributed by atoms with E-state index in [1.165, 1.54) is 0 Å². The molecule has 0 unspecified atom stereocenters. The maximum atomic E-state index is 9.11. The summed E-state index contributed by atoms with van der Waals surface area (Å²) in [6.45, 7) is 3.41. The van der Waals surface area contributed by atoms with Crippen molar-refractivity contribution in [1.82, 2.24) is 0 Å². The summed E-state index contributed by atoms with van der Waals surface area (Å²) in [4.78, 5) is 9.11. The van der Waals surface area contributed by atoms with Crippen molar-refractivity contribution in [1.29, 1.82) is 0 Å². The van der Waals surface area contributed by atoms with Gasteiger partial charge in [-0.1, -0.05) is 6.58 Å². The zero-order valence-corrected chi connectivity index (χ0v) is 5.68. The van der Waals surface area contributed by atoms with Crippen LogP contribution in [0.25, 0.3) is 0 Å². The molecule has 0 saturated carbocycles. The summed E-state index contributed by atoms with van der Waals surface area (Å²) in [7, 11) is 0. The molecule has 0 aromatic rings. The van der Waals surface area contributed by atoms with Gasteiger partial charge in [-0.3, -0.25) is 4.79 Å². The zero-order valence-electron chi connectivity index (χ0n) is 4.68. The number of carbonyl (C=O) groups excluding carboxylic acids is 1. The minimum atomic E-state index is 0. The Bertz CT molecular complexity index is 42.2. The molecule has 0 spiro atoms. The Morgan fingerprint density at radius 1 is 1.83 bits per heavy atom. The van der Waals surface area contributed by atoms with E-state index in [4.69, 9.17) is 4.79 Å². The molecule has 0 fully saturated rings. The Balaban J connectivity index is -0.0000000800. The van der Waals surface area contributed by atoms with Crippen molar-refractivity contribution >= 4 is 6.47 Å². The van der Waals surface area contributed by atoms with Gasteiger partial charge in [0.25, 0.3) is 6.47 Å². The van der Waals surface area contributed by atoms with Gasteiger partial charge in [0.15, 0.2) is 0 Å². The van der Waals surface area contributed by atoms with E-state index in [1.54, 1.807) is 0 Å². The predicted molar refractivity (Wildman–Crippen MR) is 18.5 cm³/mol. The van der Waals surface area contributed by atoms with E-state index in [-0.39, 0.29) is 31.0 Å². The standard InChI is InChI=1S/C3H4O2.Na.H/c1-2-5-3-4;;/h2-3H,1H2;;/q;+1;-1. The van der Waals surface area contributed by atoms with E-state index < -0.39 is 0 Å². The van der Waals surface area contributed by atoms with E-state index in [2.05, 4.69) is 11.3 Å². The molecule has 30 valence electrons. The van der Waals surface area contributed by atoms with Gasteiger partial charge in [0.05, 0.1) is 6.26 Å². The van der Waals surface area contributed by atoms with Gasteiger partial charge < -0.3 is 6.16 Å². The molecule has 0 rings (SSSR count). The number of hydrogen-bond donors (Lipinski definition) is 0. The normalized spacial score (nSPS) is 4.67. The van der Waals surface area contributed by atoms with Crippen molar-refractivity contribution in [2.75, 3.05) is 0 Å². The SMILES string of the molecule is C=COC=O.[H-].[Na+]. The Morgan fingerprint density at radius 3 is 2.33 bits per heavy atom. The quantitative estimate of drug-likeness (QED) is 0.214. The monoisotopic (exact) mass is 96.0 g/mol. The van der Waals surface area contributed by atoms with Crippen LogP contribution >= 0.6 is 0 Å². The third-order valence-corrected chi connectivity index (χ3v) is 0.152. The molecule has 0 aromatic heterocycles. The smallest absolute Gasteiger partial charge is 1.00 e. The number of hydrogen-bond acceptors (Lipinski definition) is 2. The molecule has 0 bridgehead atoms. The first kappa shape index (κ1) is 9.51. The average Bonchev–Trinajstić information content (AvgIpc) is 1.41. The fourth-order valence-corrected chi connectivity index (χ4v) is 0.0393. The van der Waals surface area contributed by atoms with Gasteiger partial charge in [0.2, 0.25) is 0 Å². The van der Waals surface area contributed by atoms with Crippen LogP contribution in [-0.4, -0.2) is 6.47 Å². The molecule has 2 nitrogen and oxygen atoms in total. The molecule has 0 saturated heterocycles. The van der Waals surface area contributed by atoms with Gasteiger partial charge in [-0.05, 0) is 0 Å². The minimum absolute atomic E-state index is 0. The summed E-state index contributed by atoms with van der Waals surface area (Å²) < 4.78 is 3.92. The van der Waals surface area contributed by atoms with Crippen molar-refractivity contribution in [3.8, 4) is 0 Å². The van der Waals surface area contributed by atoms with Gasteiger partial charge in [-0.2, -0.15) is 0 Å². The molecule has 0 aliphatic heterocycles. The molecule has 0 radical (unpaired) electrons. The largest absolute Gasteiger partial charge is 1.00 e. The van der Waals surface area contributed by atoms with Crippen LogP contribution in [0.1, 0.15) is 1.43 Å². The van der Waals surface area contributed by atoms with Crippen LogP contribution in [-0.2, 0) is 9.53 Å². The van der Waals surface area contributed by atoms with Gasteiger partial charge in [0, 0.05) is 0 Å². The molecule has 3 heteroatoms. The van der Waals surface area contributed by atoms with Crippen LogP contribution < -0.4 is 29.6 Å². The summed E-state index contributed by atoms with van der Waals surface area (Å²) in [5.41, 5.74) is 0. The third kappa shape index (κ3) is 8.88. The maximum Gasteiger partial charge on any atom is 1.00 e. The number of carbonyl (C=O) groups is 1. The number of ether oxygens (including phenoxy) is 1. The van der Waals surface area contributed by atoms with E-state index in [9.17, 15) is 0 Å². The first-order valence-corrected chi connectivity index (χ1v) is 1.12. The Hall–Kier alpha value is 0.210. The second-order valence-corrected chi connectivity index (χ2v) is 0.399. The summed E-state index contributed by atoms with van der Waals surface area (Å²) in [5.74, 6) is 0. The van der Waals surface area contributed by atoms with Gasteiger partial charge in [-0.15, -0.1) is 0 Å². The van der Waals surface area contributed by atoms with Crippen LogP contribution in [0.3, 0.4) is 0 Å². The second-order valence-electron chi connectivity index (χ2n) is 0.399. The first-order valence-electron chi connectivity index (χ1n) is 1.12. The van der Waals surface area contributed by atoms with Crippen molar-refractivity contribution in [2.45, 2.75) is 0 Å². The fourth-order valence-electron chi connectivity index (χ4n) is 0.0393. The van der Waals surface area contributed by atoms with Crippen molar-refractivity contribution < 1.29 is 40.5 Å². The maximum absolute atomic E-state index is 9.11. The minimum Gasteiger partial charge on any atom is -1.00 e. The molecular formula is C3H5NaO2. The molecule has 6 heavy (non-hydrogen) atoms. The summed E-state index contributed by atoms with van der Waals surface area (Å²) in [5, 5.41) is 0. The Labute approximate surface area is 60.0 Å². The summed E-state index contributed by atoms with van der Waals surface area (Å²) in [6, 6.07) is 0. The molecule has 0 aliphatic carbocycles. The molecule has 0 aromatic carbocycles. The van der Waals surface area contributed by atoms with Gasteiger partial charge in [0.1, 0.15) is 0 Å². The van der Waals surface area contributed by atoms with E-state index >= 15 is 0 Å². The Morgan fingerprint density at radius 2 is 2.33 bits per heavy atom. The third-order valence-electron chi connectivity index (χ3n) is 0.152. The molecule has 0 atom stereocenters. The topological polar surface area (TPSA) is 26.3 Å². The Kier molecular flexibility index (Phi) is 14.2. The van der Waals surface area contributed by atoms with Crippen LogP contribution in [0.4, 0.5) is 0 Å². The van der Waals surface area contributed by atoms with Crippen LogP contribution in [0, 0.1) is 0 Å². The molecular weight excluding hydrogens is 91.0 g/mol. The second kappa shape index (κ2) is 8.96. The van der Waals surface area contributed by atoms with E-state index in [1.807, 2.05) is 0 Å². The van der Waals surface area contributed by atoms with Crippen LogP contribution in [0.2, 0.25) is 0 Å². The van der Waals surface area contributed by atoms with E-state index in [0.29, 0.717) is 6.47 Å². The van der Waals surface area contributed by atoms with Crippen molar-refractivity contribution in [3.05, 3.63) is 12.8 Å². The fraction of sp³-hybridized carbons (Fsp3) is 0.